The summed E-state index contributed by atoms with van der Waals surface area (Å²) in [6, 6.07) is 8.24. The van der Waals surface area contributed by atoms with Crippen molar-refractivity contribution in [3.63, 3.8) is 0 Å². The standard InChI is InChI=1S/C19H13N5O7S/c20-16-15-13(18(27)21-19(15)28)8-14(25)24(16)11-3-5-12(6-4-11)32(30,31)22-17(26)10-2-1-7-23(29)9-10/h1-9H,20H2,(H,22,26)(H,21,27,28). The van der Waals surface area contributed by atoms with Crippen LogP contribution in [0.2, 0.25) is 0 Å². The molecule has 0 saturated heterocycles. The maximum absolute atomic E-state index is 12.5. The highest BCUT2D eigenvalue weighted by Gasteiger charge is 2.32. The van der Waals surface area contributed by atoms with Gasteiger partial charge in [0.15, 0.2) is 12.4 Å². The van der Waals surface area contributed by atoms with E-state index in [0.29, 0.717) is 4.73 Å². The molecule has 162 valence electrons. The van der Waals surface area contributed by atoms with Crippen molar-refractivity contribution in [2.45, 2.75) is 4.90 Å². The molecule has 0 fully saturated rings. The van der Waals surface area contributed by atoms with Crippen molar-refractivity contribution < 1.29 is 27.5 Å². The third-order valence-electron chi connectivity index (χ3n) is 4.62. The van der Waals surface area contributed by atoms with Crippen molar-refractivity contribution in [1.29, 1.82) is 0 Å². The van der Waals surface area contributed by atoms with Gasteiger partial charge in [-0.15, -0.1) is 0 Å². The minimum atomic E-state index is -4.30. The molecule has 3 heterocycles. The van der Waals surface area contributed by atoms with E-state index in [1.807, 2.05) is 10.0 Å². The van der Waals surface area contributed by atoms with Crippen LogP contribution in [-0.2, 0) is 10.0 Å². The molecule has 1 aliphatic rings. The second-order valence-corrected chi connectivity index (χ2v) is 8.34. The molecule has 2 aromatic heterocycles. The Bertz CT molecular complexity index is 1480. The van der Waals surface area contributed by atoms with Crippen molar-refractivity contribution in [2.75, 3.05) is 5.73 Å². The van der Waals surface area contributed by atoms with Gasteiger partial charge < -0.3 is 10.9 Å². The van der Waals surface area contributed by atoms with E-state index in [0.717, 1.165) is 35.2 Å². The molecule has 13 heteroatoms. The predicted octanol–water partition coefficient (Wildman–Crippen LogP) is -0.945. The van der Waals surface area contributed by atoms with Crippen LogP contribution in [0.3, 0.4) is 0 Å². The number of carbonyl (C=O) groups is 3. The molecule has 0 aliphatic carbocycles. The summed E-state index contributed by atoms with van der Waals surface area (Å²) in [5, 5.41) is 13.3. The number of hydrogen-bond donors (Lipinski definition) is 3. The van der Waals surface area contributed by atoms with E-state index in [1.54, 1.807) is 0 Å². The first kappa shape index (κ1) is 20.7. The van der Waals surface area contributed by atoms with Gasteiger partial charge in [0.2, 0.25) is 0 Å². The lowest BCUT2D eigenvalue weighted by Crippen LogP contribution is -2.33. The highest BCUT2D eigenvalue weighted by atomic mass is 32.2. The second kappa shape index (κ2) is 7.31. The molecule has 0 saturated carbocycles. The maximum Gasteiger partial charge on any atom is 0.271 e. The Morgan fingerprint density at radius 1 is 1.09 bits per heavy atom. The molecule has 32 heavy (non-hydrogen) atoms. The van der Waals surface area contributed by atoms with Crippen molar-refractivity contribution in [2.24, 2.45) is 0 Å². The molecule has 4 rings (SSSR count). The first-order chi connectivity index (χ1) is 15.1. The molecule has 4 N–H and O–H groups in total. The van der Waals surface area contributed by atoms with Crippen LogP contribution in [-0.4, -0.2) is 30.7 Å². The lowest BCUT2D eigenvalue weighted by atomic mass is 10.1. The molecular formula is C19H13N5O7S. The number of rotatable bonds is 4. The van der Waals surface area contributed by atoms with Gasteiger partial charge in [0.25, 0.3) is 33.3 Å². The predicted molar refractivity (Wildman–Crippen MR) is 108 cm³/mol. The minimum Gasteiger partial charge on any atom is -0.619 e. The summed E-state index contributed by atoms with van der Waals surface area (Å²) in [6.45, 7) is 0. The molecule has 3 aromatic rings. The molecule has 0 radical (unpaired) electrons. The van der Waals surface area contributed by atoms with Gasteiger partial charge in [-0.05, 0) is 30.3 Å². The zero-order valence-corrected chi connectivity index (χ0v) is 16.8. The fraction of sp³-hybridized carbons (Fsp3) is 0. The van der Waals surface area contributed by atoms with Gasteiger partial charge in [-0.2, -0.15) is 4.73 Å². The van der Waals surface area contributed by atoms with Crippen molar-refractivity contribution >= 4 is 33.6 Å². The van der Waals surface area contributed by atoms with E-state index in [4.69, 9.17) is 5.73 Å². The van der Waals surface area contributed by atoms with Crippen LogP contribution in [0.4, 0.5) is 5.82 Å². The fourth-order valence-corrected chi connectivity index (χ4v) is 4.12. The molecule has 0 spiro atoms. The highest BCUT2D eigenvalue weighted by Crippen LogP contribution is 2.23. The third kappa shape index (κ3) is 3.45. The fourth-order valence-electron chi connectivity index (χ4n) is 3.15. The first-order valence-electron chi connectivity index (χ1n) is 8.86. The van der Waals surface area contributed by atoms with Gasteiger partial charge >= 0.3 is 0 Å². The van der Waals surface area contributed by atoms with Gasteiger partial charge in [-0.25, -0.2) is 13.1 Å². The quantitative estimate of drug-likeness (QED) is 0.255. The van der Waals surface area contributed by atoms with Crippen molar-refractivity contribution in [1.82, 2.24) is 14.6 Å². The number of nitrogens with two attached hydrogens (primary N) is 1. The molecule has 3 amide bonds. The molecule has 1 aromatic carbocycles. The molecule has 0 atom stereocenters. The zero-order valence-electron chi connectivity index (χ0n) is 15.9. The van der Waals surface area contributed by atoms with Crippen molar-refractivity contribution in [3.8, 4) is 5.69 Å². The Morgan fingerprint density at radius 3 is 2.44 bits per heavy atom. The van der Waals surface area contributed by atoms with E-state index in [1.165, 1.54) is 24.3 Å². The number of nitrogen functional groups attached to an aromatic ring is 1. The molecular weight excluding hydrogens is 442 g/mol. The van der Waals surface area contributed by atoms with Gasteiger partial charge in [0, 0.05) is 12.1 Å². The number of anilines is 1. The van der Waals surface area contributed by atoms with Crippen LogP contribution < -0.4 is 26.1 Å². The van der Waals surface area contributed by atoms with Crippen LogP contribution >= 0.6 is 0 Å². The van der Waals surface area contributed by atoms with E-state index in [-0.39, 0.29) is 33.1 Å². The second-order valence-electron chi connectivity index (χ2n) is 6.66. The van der Waals surface area contributed by atoms with Crippen LogP contribution in [0.1, 0.15) is 31.1 Å². The van der Waals surface area contributed by atoms with Gasteiger partial charge in [0.05, 0.1) is 21.7 Å². The summed E-state index contributed by atoms with van der Waals surface area (Å²) in [6.07, 6.45) is 2.05. The number of hydrogen-bond acceptors (Lipinski definition) is 8. The largest absolute Gasteiger partial charge is 0.619 e. The summed E-state index contributed by atoms with van der Waals surface area (Å²) in [7, 11) is -4.30. The van der Waals surface area contributed by atoms with Crippen LogP contribution in [0.5, 0.6) is 0 Å². The average molecular weight is 455 g/mol. The normalized spacial score (nSPS) is 12.9. The number of amides is 3. The monoisotopic (exact) mass is 455 g/mol. The van der Waals surface area contributed by atoms with Gasteiger partial charge in [-0.3, -0.25) is 29.1 Å². The molecule has 1 aliphatic heterocycles. The Hall–Kier alpha value is -4.52. The number of fused-ring (bicyclic) bond motifs is 1. The number of sulfonamides is 1. The number of imide groups is 1. The lowest BCUT2D eigenvalue weighted by molar-refractivity contribution is -0.605. The topological polar surface area (TPSA) is 184 Å². The summed E-state index contributed by atoms with van der Waals surface area (Å²) in [5.74, 6) is -2.78. The molecule has 0 bridgehead atoms. The number of aromatic nitrogens is 2. The van der Waals surface area contributed by atoms with Crippen LogP contribution in [0, 0.1) is 5.21 Å². The number of nitrogens with one attached hydrogen (secondary N) is 2. The minimum absolute atomic E-state index is 0.128. The Morgan fingerprint density at radius 2 is 1.78 bits per heavy atom. The number of pyridine rings is 2. The SMILES string of the molecule is Nc1c2c(cc(=O)n1-c1ccc(S(=O)(=O)NC(=O)c3ccc[n+]([O-])c3)cc1)C(=O)NC2=O. The highest BCUT2D eigenvalue weighted by molar-refractivity contribution is 7.90. The van der Waals surface area contributed by atoms with E-state index in [2.05, 4.69) is 0 Å². The number of benzene rings is 1. The Kier molecular flexibility index (Phi) is 4.74. The van der Waals surface area contributed by atoms with Crippen LogP contribution in [0.25, 0.3) is 5.69 Å². The van der Waals surface area contributed by atoms with Gasteiger partial charge in [-0.1, -0.05) is 0 Å². The Labute approximate surface area is 179 Å². The maximum atomic E-state index is 12.5. The summed E-state index contributed by atoms with van der Waals surface area (Å²) < 4.78 is 28.2. The average Bonchev–Trinajstić information content (AvgIpc) is 3.01. The van der Waals surface area contributed by atoms with E-state index >= 15 is 0 Å². The molecule has 12 nitrogen and oxygen atoms in total. The molecule has 0 unspecified atom stereocenters. The summed E-state index contributed by atoms with van der Waals surface area (Å²) >= 11 is 0. The first-order valence-corrected chi connectivity index (χ1v) is 10.3. The summed E-state index contributed by atoms with van der Waals surface area (Å²) in [4.78, 5) is 48.0. The summed E-state index contributed by atoms with van der Waals surface area (Å²) in [5.41, 5.74) is 4.90. The van der Waals surface area contributed by atoms with E-state index < -0.39 is 33.3 Å². The lowest BCUT2D eigenvalue weighted by Gasteiger charge is -2.12. The number of nitrogens with zero attached hydrogens (tertiary/aromatic N) is 2. The van der Waals surface area contributed by atoms with Gasteiger partial charge in [0.1, 0.15) is 11.4 Å². The third-order valence-corrected chi connectivity index (χ3v) is 5.97. The van der Waals surface area contributed by atoms with E-state index in [9.17, 15) is 32.8 Å². The Balaban J connectivity index is 1.66. The smallest absolute Gasteiger partial charge is 0.271 e. The number of carbonyl (C=O) groups excluding carboxylic acids is 3. The van der Waals surface area contributed by atoms with Crippen LogP contribution in [0.15, 0.2) is 64.5 Å². The zero-order chi connectivity index (χ0) is 23.2. The van der Waals surface area contributed by atoms with Crippen molar-refractivity contribution in [3.05, 3.63) is 87.1 Å².